The minimum atomic E-state index is -0.164. The van der Waals surface area contributed by atoms with Gasteiger partial charge >= 0.3 is 0 Å². The third-order valence-corrected chi connectivity index (χ3v) is 7.78. The van der Waals surface area contributed by atoms with E-state index in [0.717, 1.165) is 16.9 Å². The molecule has 7 rings (SSSR count). The highest BCUT2D eigenvalue weighted by Crippen LogP contribution is 2.65. The van der Waals surface area contributed by atoms with E-state index in [1.54, 1.807) is 0 Å². The zero-order valence-corrected chi connectivity index (χ0v) is 18.1. The highest BCUT2D eigenvalue weighted by Gasteiger charge is 2.67. The summed E-state index contributed by atoms with van der Waals surface area (Å²) in [4.78, 5) is 28.0. The molecule has 2 aromatic carbocycles. The van der Waals surface area contributed by atoms with Crippen molar-refractivity contribution in [2.75, 3.05) is 4.90 Å². The molecule has 2 bridgehead atoms. The summed E-state index contributed by atoms with van der Waals surface area (Å²) in [6.07, 6.45) is 5.60. The number of carbonyl (C=O) groups excluding carboxylic acids is 2. The van der Waals surface area contributed by atoms with E-state index >= 15 is 0 Å². The molecule has 2 aromatic rings. The number of anilines is 1. The Kier molecular flexibility index (Phi) is 3.99. The molecule has 3 fully saturated rings. The first kappa shape index (κ1) is 18.9. The van der Waals surface area contributed by atoms with Crippen molar-refractivity contribution in [2.24, 2.45) is 35.5 Å². The van der Waals surface area contributed by atoms with Crippen molar-refractivity contribution < 1.29 is 14.3 Å². The standard InChI is InChI=1S/C27H27NO3/c1-14(2)18-9-4-15(3)12-23(18)31-17-7-5-16(6-8-17)28-26(29)24-19-10-11-20(22-13-21(19)22)25(24)27(28)30/h4-12,14,19-22,24-25H,13H2,1-3H3/t19-,20-,21-,22-,24+,25+/m1/s1. The van der Waals surface area contributed by atoms with Crippen LogP contribution < -0.4 is 9.64 Å². The number of hydrogen-bond acceptors (Lipinski definition) is 3. The van der Waals surface area contributed by atoms with Crippen LogP contribution in [0, 0.1) is 42.4 Å². The minimum absolute atomic E-state index is 0.0193. The Morgan fingerprint density at radius 1 is 0.903 bits per heavy atom. The van der Waals surface area contributed by atoms with E-state index in [1.807, 2.05) is 24.3 Å². The molecule has 4 nitrogen and oxygen atoms in total. The van der Waals surface area contributed by atoms with Crippen LogP contribution in [0.5, 0.6) is 11.5 Å². The number of rotatable bonds is 4. The van der Waals surface area contributed by atoms with Crippen LogP contribution in [0.3, 0.4) is 0 Å². The molecule has 158 valence electrons. The van der Waals surface area contributed by atoms with Crippen LogP contribution >= 0.6 is 0 Å². The third-order valence-electron chi connectivity index (χ3n) is 7.78. The first-order chi connectivity index (χ1) is 14.9. The molecule has 0 unspecified atom stereocenters. The van der Waals surface area contributed by atoms with E-state index in [9.17, 15) is 9.59 Å². The van der Waals surface area contributed by atoms with Crippen LogP contribution in [0.1, 0.15) is 37.3 Å². The van der Waals surface area contributed by atoms with E-state index in [2.05, 4.69) is 51.1 Å². The van der Waals surface area contributed by atoms with Gasteiger partial charge in [-0.2, -0.15) is 0 Å². The molecule has 2 saturated carbocycles. The maximum absolute atomic E-state index is 13.3. The molecule has 0 spiro atoms. The smallest absolute Gasteiger partial charge is 0.238 e. The van der Waals surface area contributed by atoms with Gasteiger partial charge in [-0.3, -0.25) is 14.5 Å². The Labute approximate surface area is 182 Å². The number of aryl methyl sites for hydroxylation is 1. The van der Waals surface area contributed by atoms with E-state index in [0.29, 0.717) is 29.2 Å². The summed E-state index contributed by atoms with van der Waals surface area (Å²) in [5.74, 6) is 3.28. The second-order valence-electron chi connectivity index (χ2n) is 9.96. The molecule has 0 N–H and O–H groups in total. The predicted octanol–water partition coefficient (Wildman–Crippen LogP) is 5.47. The number of amides is 2. The van der Waals surface area contributed by atoms with Gasteiger partial charge in [0.15, 0.2) is 0 Å². The molecular weight excluding hydrogens is 386 g/mol. The van der Waals surface area contributed by atoms with Gasteiger partial charge in [0.05, 0.1) is 17.5 Å². The highest BCUT2D eigenvalue weighted by molar-refractivity contribution is 6.22. The van der Waals surface area contributed by atoms with Crippen molar-refractivity contribution >= 4 is 17.5 Å². The second-order valence-corrected chi connectivity index (χ2v) is 9.96. The van der Waals surface area contributed by atoms with Crippen LogP contribution in [0.2, 0.25) is 0 Å². The SMILES string of the molecule is Cc1ccc(C(C)C)c(Oc2ccc(N3C(=O)[C@H]4[C@@H]5C=C[C@H]([C@H]6C[C@H]56)[C@@H]4C3=O)cc2)c1. The lowest BCUT2D eigenvalue weighted by atomic mass is 9.63. The summed E-state index contributed by atoms with van der Waals surface area (Å²) in [5.41, 5.74) is 2.96. The van der Waals surface area contributed by atoms with Crippen LogP contribution in [0.25, 0.3) is 0 Å². The molecule has 31 heavy (non-hydrogen) atoms. The molecule has 4 heteroatoms. The summed E-state index contributed by atoms with van der Waals surface area (Å²) in [5, 5.41) is 0. The fraction of sp³-hybridized carbons (Fsp3) is 0.407. The Morgan fingerprint density at radius 3 is 2.10 bits per heavy atom. The van der Waals surface area contributed by atoms with Crippen molar-refractivity contribution in [2.45, 2.75) is 33.1 Å². The number of imide groups is 1. The fourth-order valence-electron chi connectivity index (χ4n) is 6.21. The fourth-order valence-corrected chi connectivity index (χ4v) is 6.21. The van der Waals surface area contributed by atoms with Crippen LogP contribution in [-0.4, -0.2) is 11.8 Å². The molecule has 6 atom stereocenters. The lowest BCUT2D eigenvalue weighted by molar-refractivity contribution is -0.124. The topological polar surface area (TPSA) is 46.6 Å². The number of hydrogen-bond donors (Lipinski definition) is 0. The predicted molar refractivity (Wildman–Crippen MR) is 119 cm³/mol. The molecule has 1 heterocycles. The van der Waals surface area contributed by atoms with Gasteiger partial charge in [0.1, 0.15) is 11.5 Å². The maximum atomic E-state index is 13.3. The van der Waals surface area contributed by atoms with E-state index in [1.165, 1.54) is 11.3 Å². The Hall–Kier alpha value is -2.88. The Bertz CT molecular complexity index is 1080. The maximum Gasteiger partial charge on any atom is 0.238 e. The zero-order valence-electron chi connectivity index (χ0n) is 18.1. The van der Waals surface area contributed by atoms with Crippen LogP contribution in [-0.2, 0) is 9.59 Å². The quantitative estimate of drug-likeness (QED) is 0.493. The van der Waals surface area contributed by atoms with Crippen molar-refractivity contribution in [3.05, 3.63) is 65.7 Å². The average Bonchev–Trinajstić information content (AvgIpc) is 3.52. The van der Waals surface area contributed by atoms with Gasteiger partial charge < -0.3 is 4.74 Å². The van der Waals surface area contributed by atoms with Gasteiger partial charge in [-0.1, -0.05) is 38.1 Å². The van der Waals surface area contributed by atoms with Gasteiger partial charge in [-0.05, 0) is 84.4 Å². The van der Waals surface area contributed by atoms with Crippen molar-refractivity contribution in [1.29, 1.82) is 0 Å². The summed E-state index contributed by atoms with van der Waals surface area (Å²) in [7, 11) is 0. The number of carbonyl (C=O) groups is 2. The molecule has 2 amide bonds. The highest BCUT2D eigenvalue weighted by atomic mass is 16.5. The number of nitrogens with zero attached hydrogens (tertiary/aromatic N) is 1. The van der Waals surface area contributed by atoms with Gasteiger partial charge in [0.2, 0.25) is 11.8 Å². The second kappa shape index (κ2) is 6.56. The first-order valence-corrected chi connectivity index (χ1v) is 11.4. The van der Waals surface area contributed by atoms with E-state index < -0.39 is 0 Å². The van der Waals surface area contributed by atoms with Crippen LogP contribution in [0.4, 0.5) is 5.69 Å². The van der Waals surface area contributed by atoms with Gasteiger partial charge in [0, 0.05) is 0 Å². The monoisotopic (exact) mass is 413 g/mol. The zero-order chi connectivity index (χ0) is 21.4. The van der Waals surface area contributed by atoms with Crippen molar-refractivity contribution in [3.63, 3.8) is 0 Å². The summed E-state index contributed by atoms with van der Waals surface area (Å²) in [6, 6.07) is 13.6. The van der Waals surface area contributed by atoms with Gasteiger partial charge in [0.25, 0.3) is 0 Å². The normalized spacial score (nSPS) is 32.5. The summed E-state index contributed by atoms with van der Waals surface area (Å²) < 4.78 is 6.18. The molecule has 0 aromatic heterocycles. The Morgan fingerprint density at radius 2 is 1.52 bits per heavy atom. The summed E-state index contributed by atoms with van der Waals surface area (Å²) >= 11 is 0. The molecule has 1 saturated heterocycles. The molecule has 1 aliphatic heterocycles. The number of benzene rings is 2. The van der Waals surface area contributed by atoms with Crippen molar-refractivity contribution in [3.8, 4) is 11.5 Å². The van der Waals surface area contributed by atoms with Gasteiger partial charge in [-0.25, -0.2) is 0 Å². The van der Waals surface area contributed by atoms with E-state index in [4.69, 9.17) is 4.74 Å². The summed E-state index contributed by atoms with van der Waals surface area (Å²) in [6.45, 7) is 6.35. The number of allylic oxidation sites excluding steroid dienone is 2. The third kappa shape index (κ3) is 2.73. The minimum Gasteiger partial charge on any atom is -0.457 e. The van der Waals surface area contributed by atoms with Crippen molar-refractivity contribution in [1.82, 2.24) is 0 Å². The largest absolute Gasteiger partial charge is 0.457 e. The molecular formula is C27H27NO3. The molecule has 4 aliphatic carbocycles. The average molecular weight is 414 g/mol. The van der Waals surface area contributed by atoms with E-state index in [-0.39, 0.29) is 35.5 Å². The number of ether oxygens (including phenoxy) is 1. The van der Waals surface area contributed by atoms with Crippen LogP contribution in [0.15, 0.2) is 54.6 Å². The molecule has 0 radical (unpaired) electrons. The lowest BCUT2D eigenvalue weighted by Gasteiger charge is -2.37. The van der Waals surface area contributed by atoms with Gasteiger partial charge in [-0.15, -0.1) is 0 Å². The lowest BCUT2D eigenvalue weighted by Crippen LogP contribution is -2.40. The Balaban J connectivity index is 1.26. The molecule has 5 aliphatic rings. The first-order valence-electron chi connectivity index (χ1n) is 11.4.